The second kappa shape index (κ2) is 10.0. The molecule has 0 atom stereocenters. The molecule has 0 bridgehead atoms. The number of urea groups is 1. The minimum Gasteiger partial charge on any atom is -0.494 e. The van der Waals surface area contributed by atoms with Gasteiger partial charge in [0.25, 0.3) is 10.0 Å². The summed E-state index contributed by atoms with van der Waals surface area (Å²) in [6.45, 7) is 4.09. The Hall–Kier alpha value is -2.21. The van der Waals surface area contributed by atoms with Gasteiger partial charge >= 0.3 is 6.03 Å². The standard InChI is InChI=1S/C18H26N4O5S2/c1-5-27-15-9-7-14(8-10-15)20-17(24)22(11-6-12-23)18-19-13(2)16(28-18)29(25,26)21(3)4/h7-10,23H,5-6,11-12H2,1-4H3,(H,20,24). The number of thiazole rings is 1. The Morgan fingerprint density at radius 3 is 2.48 bits per heavy atom. The van der Waals surface area contributed by atoms with Gasteiger partial charge < -0.3 is 15.2 Å². The highest BCUT2D eigenvalue weighted by molar-refractivity contribution is 7.91. The van der Waals surface area contributed by atoms with E-state index in [-0.39, 0.29) is 22.5 Å². The van der Waals surface area contributed by atoms with Gasteiger partial charge in [0.1, 0.15) is 5.75 Å². The van der Waals surface area contributed by atoms with Crippen LogP contribution >= 0.6 is 11.3 Å². The van der Waals surface area contributed by atoms with E-state index < -0.39 is 16.1 Å². The molecular weight excluding hydrogens is 416 g/mol. The number of aryl methyl sites for hydroxylation is 1. The first-order valence-corrected chi connectivity index (χ1v) is 11.3. The minimum absolute atomic E-state index is 0.0837. The molecule has 2 aromatic rings. The zero-order valence-corrected chi connectivity index (χ0v) is 18.5. The summed E-state index contributed by atoms with van der Waals surface area (Å²) < 4.78 is 31.5. The normalized spacial score (nSPS) is 11.5. The van der Waals surface area contributed by atoms with Crippen LogP contribution in [-0.4, -0.2) is 62.7 Å². The average Bonchev–Trinajstić information content (AvgIpc) is 3.06. The van der Waals surface area contributed by atoms with Crippen LogP contribution in [0.3, 0.4) is 0 Å². The third-order valence-electron chi connectivity index (χ3n) is 3.89. The van der Waals surface area contributed by atoms with Crippen molar-refractivity contribution in [2.75, 3.05) is 44.1 Å². The number of amides is 2. The summed E-state index contributed by atoms with van der Waals surface area (Å²) in [5, 5.41) is 12.2. The largest absolute Gasteiger partial charge is 0.494 e. The Morgan fingerprint density at radius 1 is 1.28 bits per heavy atom. The van der Waals surface area contributed by atoms with Crippen LogP contribution in [0, 0.1) is 6.92 Å². The molecule has 1 heterocycles. The molecule has 9 nitrogen and oxygen atoms in total. The van der Waals surface area contributed by atoms with Gasteiger partial charge in [-0.3, -0.25) is 4.90 Å². The van der Waals surface area contributed by atoms with Gasteiger partial charge in [0.2, 0.25) is 0 Å². The third kappa shape index (κ3) is 5.66. The van der Waals surface area contributed by atoms with Gasteiger partial charge in [0.15, 0.2) is 9.34 Å². The maximum atomic E-state index is 12.8. The monoisotopic (exact) mass is 442 g/mol. The molecule has 0 aliphatic carbocycles. The van der Waals surface area contributed by atoms with Crippen LogP contribution in [-0.2, 0) is 10.0 Å². The van der Waals surface area contributed by atoms with Crippen molar-refractivity contribution in [3.05, 3.63) is 30.0 Å². The molecule has 2 rings (SSSR count). The minimum atomic E-state index is -3.67. The first-order chi connectivity index (χ1) is 13.7. The molecule has 2 N–H and O–H groups in total. The van der Waals surface area contributed by atoms with E-state index in [2.05, 4.69) is 10.3 Å². The van der Waals surface area contributed by atoms with Gasteiger partial charge in [-0.05, 0) is 44.5 Å². The van der Waals surface area contributed by atoms with Gasteiger partial charge in [-0.25, -0.2) is 22.5 Å². The Kier molecular flexibility index (Phi) is 7.96. The van der Waals surface area contributed by atoms with Crippen molar-refractivity contribution in [2.24, 2.45) is 0 Å². The van der Waals surface area contributed by atoms with E-state index in [0.29, 0.717) is 30.2 Å². The maximum absolute atomic E-state index is 12.8. The molecule has 0 fully saturated rings. The fourth-order valence-electron chi connectivity index (χ4n) is 2.39. The molecule has 0 saturated carbocycles. The summed E-state index contributed by atoms with van der Waals surface area (Å²) in [4.78, 5) is 18.5. The van der Waals surface area contributed by atoms with E-state index in [9.17, 15) is 18.3 Å². The number of aliphatic hydroxyl groups is 1. The van der Waals surface area contributed by atoms with Gasteiger partial charge in [0, 0.05) is 32.9 Å². The summed E-state index contributed by atoms with van der Waals surface area (Å²) in [7, 11) is -0.786. The number of nitrogens with one attached hydrogen (secondary N) is 1. The van der Waals surface area contributed by atoms with E-state index in [1.54, 1.807) is 31.2 Å². The molecule has 11 heteroatoms. The second-order valence-corrected chi connectivity index (χ2v) is 9.60. The number of anilines is 2. The lowest BCUT2D eigenvalue weighted by molar-refractivity contribution is 0.254. The summed E-state index contributed by atoms with van der Waals surface area (Å²) >= 11 is 0.924. The molecule has 1 aromatic heterocycles. The zero-order chi connectivity index (χ0) is 21.6. The van der Waals surface area contributed by atoms with Crippen molar-refractivity contribution in [3.63, 3.8) is 0 Å². The lowest BCUT2D eigenvalue weighted by Gasteiger charge is -2.20. The molecular formula is C18H26N4O5S2. The first kappa shape index (κ1) is 23.1. The maximum Gasteiger partial charge on any atom is 0.328 e. The van der Waals surface area contributed by atoms with Crippen LogP contribution in [0.15, 0.2) is 28.5 Å². The average molecular weight is 443 g/mol. The van der Waals surface area contributed by atoms with Crippen molar-refractivity contribution in [3.8, 4) is 5.75 Å². The van der Waals surface area contributed by atoms with E-state index in [1.165, 1.54) is 19.0 Å². The highest BCUT2D eigenvalue weighted by Gasteiger charge is 2.27. The number of aromatic nitrogens is 1. The van der Waals surface area contributed by atoms with Gasteiger partial charge in [-0.2, -0.15) is 0 Å². The third-order valence-corrected chi connectivity index (χ3v) is 7.47. The van der Waals surface area contributed by atoms with Crippen LogP contribution in [0.2, 0.25) is 0 Å². The van der Waals surface area contributed by atoms with E-state index in [1.807, 2.05) is 6.92 Å². The molecule has 0 aliphatic heterocycles. The highest BCUT2D eigenvalue weighted by atomic mass is 32.2. The van der Waals surface area contributed by atoms with Crippen LogP contribution < -0.4 is 15.0 Å². The van der Waals surface area contributed by atoms with E-state index in [0.717, 1.165) is 15.6 Å². The predicted molar refractivity (Wildman–Crippen MR) is 113 cm³/mol. The summed E-state index contributed by atoms with van der Waals surface area (Å²) in [6, 6.07) is 6.44. The van der Waals surface area contributed by atoms with Crippen LogP contribution in [0.5, 0.6) is 5.75 Å². The molecule has 0 unspecified atom stereocenters. The molecule has 29 heavy (non-hydrogen) atoms. The number of nitrogens with zero attached hydrogens (tertiary/aromatic N) is 3. The fourth-order valence-corrected chi connectivity index (χ4v) is 5.06. The van der Waals surface area contributed by atoms with Gasteiger partial charge in [-0.1, -0.05) is 11.3 Å². The topological polar surface area (TPSA) is 112 Å². The number of rotatable bonds is 9. The van der Waals surface area contributed by atoms with Crippen molar-refractivity contribution in [2.45, 2.75) is 24.5 Å². The number of benzene rings is 1. The molecule has 160 valence electrons. The number of carbonyl (C=O) groups excluding carboxylic acids is 1. The predicted octanol–water partition coefficient (Wildman–Crippen LogP) is 2.52. The van der Waals surface area contributed by atoms with Crippen LogP contribution in [0.25, 0.3) is 0 Å². The Morgan fingerprint density at radius 2 is 1.93 bits per heavy atom. The fraction of sp³-hybridized carbons (Fsp3) is 0.444. The smallest absolute Gasteiger partial charge is 0.328 e. The number of hydrogen-bond acceptors (Lipinski definition) is 7. The molecule has 1 aromatic carbocycles. The van der Waals surface area contributed by atoms with Crippen molar-refractivity contribution < 1.29 is 23.1 Å². The van der Waals surface area contributed by atoms with Gasteiger partial charge in [-0.15, -0.1) is 0 Å². The Balaban J connectivity index is 2.28. The zero-order valence-electron chi connectivity index (χ0n) is 16.9. The van der Waals surface area contributed by atoms with Crippen molar-refractivity contribution in [1.82, 2.24) is 9.29 Å². The Bertz CT molecular complexity index is 926. The van der Waals surface area contributed by atoms with E-state index in [4.69, 9.17) is 4.74 Å². The summed E-state index contributed by atoms with van der Waals surface area (Å²) in [5.74, 6) is 0.691. The Labute approximate surface area is 175 Å². The molecule has 0 spiro atoms. The van der Waals surface area contributed by atoms with Crippen molar-refractivity contribution >= 4 is 38.2 Å². The second-order valence-electron chi connectivity index (χ2n) is 6.27. The first-order valence-electron chi connectivity index (χ1n) is 9.02. The lowest BCUT2D eigenvalue weighted by Crippen LogP contribution is -2.36. The number of ether oxygens (including phenoxy) is 1. The number of aliphatic hydroxyl groups excluding tert-OH is 1. The van der Waals surface area contributed by atoms with Crippen molar-refractivity contribution in [1.29, 1.82) is 0 Å². The number of carbonyl (C=O) groups is 1. The molecule has 2 amide bonds. The lowest BCUT2D eigenvalue weighted by atomic mass is 10.3. The van der Waals surface area contributed by atoms with Crippen LogP contribution in [0.1, 0.15) is 19.0 Å². The quantitative estimate of drug-likeness (QED) is 0.617. The molecule has 0 saturated heterocycles. The molecule has 0 radical (unpaired) electrons. The van der Waals surface area contributed by atoms with E-state index >= 15 is 0 Å². The number of hydrogen-bond donors (Lipinski definition) is 2. The molecule has 0 aliphatic rings. The van der Waals surface area contributed by atoms with Crippen LogP contribution in [0.4, 0.5) is 15.6 Å². The summed E-state index contributed by atoms with van der Waals surface area (Å²) in [6.07, 6.45) is 0.324. The van der Waals surface area contributed by atoms with Gasteiger partial charge in [0.05, 0.1) is 12.3 Å². The number of sulfonamides is 1. The summed E-state index contributed by atoms with van der Waals surface area (Å²) in [5.41, 5.74) is 0.878. The SMILES string of the molecule is CCOc1ccc(NC(=O)N(CCCO)c2nc(C)c(S(=O)(=O)N(C)C)s2)cc1. The highest BCUT2D eigenvalue weighted by Crippen LogP contribution is 2.32.